The predicted molar refractivity (Wildman–Crippen MR) is 74.6 cm³/mol. The Labute approximate surface area is 116 Å². The van der Waals surface area contributed by atoms with E-state index in [2.05, 4.69) is 5.32 Å². The van der Waals surface area contributed by atoms with E-state index in [0.29, 0.717) is 10.6 Å². The number of halogens is 3. The second-order valence-corrected chi connectivity index (χ2v) is 4.93. The fraction of sp³-hybridized carbons (Fsp3) is 0.200. The van der Waals surface area contributed by atoms with E-state index in [-0.39, 0.29) is 6.04 Å². The molecule has 2 rings (SSSR count). The Morgan fingerprint density at radius 1 is 1.11 bits per heavy atom. The van der Waals surface area contributed by atoms with Gasteiger partial charge in [0.2, 0.25) is 0 Å². The summed E-state index contributed by atoms with van der Waals surface area (Å²) in [5.41, 5.74) is 2.10. The van der Waals surface area contributed by atoms with E-state index in [1.165, 1.54) is 6.07 Å². The molecule has 0 aliphatic carbocycles. The van der Waals surface area contributed by atoms with Gasteiger partial charge in [0.05, 0.1) is 6.04 Å². The molecule has 1 N–H and O–H groups in total. The minimum Gasteiger partial charge on any atom is -0.378 e. The smallest absolute Gasteiger partial charge is 0.128 e. The molecule has 0 aromatic heterocycles. The largest absolute Gasteiger partial charge is 0.378 e. The minimum atomic E-state index is -0.446. The van der Waals surface area contributed by atoms with Crippen LogP contribution >= 0.6 is 11.6 Å². The SMILES string of the molecule is Cc1cc(Cl)ccc1NC(C)c1cc(F)ccc1F. The van der Waals surface area contributed by atoms with Crippen LogP contribution in [0.4, 0.5) is 14.5 Å². The summed E-state index contributed by atoms with van der Waals surface area (Å²) in [7, 11) is 0. The van der Waals surface area contributed by atoms with E-state index in [4.69, 9.17) is 11.6 Å². The Bertz CT molecular complexity index is 599. The van der Waals surface area contributed by atoms with Crippen molar-refractivity contribution in [1.82, 2.24) is 0 Å². The molecule has 100 valence electrons. The quantitative estimate of drug-likeness (QED) is 0.825. The molecule has 1 atom stereocenters. The third-order valence-electron chi connectivity index (χ3n) is 2.99. The Kier molecular flexibility index (Phi) is 4.05. The number of hydrogen-bond acceptors (Lipinski definition) is 1. The molecule has 0 aliphatic rings. The highest BCUT2D eigenvalue weighted by Gasteiger charge is 2.12. The highest BCUT2D eigenvalue weighted by molar-refractivity contribution is 6.30. The van der Waals surface area contributed by atoms with Crippen LogP contribution in [0.15, 0.2) is 36.4 Å². The van der Waals surface area contributed by atoms with E-state index in [1.54, 1.807) is 13.0 Å². The summed E-state index contributed by atoms with van der Waals surface area (Å²) < 4.78 is 26.8. The first-order chi connectivity index (χ1) is 8.97. The Hall–Kier alpha value is -1.61. The third kappa shape index (κ3) is 3.24. The molecule has 0 radical (unpaired) electrons. The van der Waals surface area contributed by atoms with Gasteiger partial charge in [-0.3, -0.25) is 0 Å². The first kappa shape index (κ1) is 13.8. The van der Waals surface area contributed by atoms with Crippen molar-refractivity contribution < 1.29 is 8.78 Å². The van der Waals surface area contributed by atoms with Crippen LogP contribution in [-0.2, 0) is 0 Å². The van der Waals surface area contributed by atoms with E-state index in [0.717, 1.165) is 23.4 Å². The second-order valence-electron chi connectivity index (χ2n) is 4.49. The van der Waals surface area contributed by atoms with Gasteiger partial charge in [-0.05, 0) is 55.8 Å². The van der Waals surface area contributed by atoms with Crippen LogP contribution in [0.25, 0.3) is 0 Å². The van der Waals surface area contributed by atoms with Gasteiger partial charge >= 0.3 is 0 Å². The Morgan fingerprint density at radius 2 is 1.84 bits per heavy atom. The molecule has 2 aromatic rings. The lowest BCUT2D eigenvalue weighted by Crippen LogP contribution is -2.10. The van der Waals surface area contributed by atoms with Crippen LogP contribution in [0.3, 0.4) is 0 Å². The molecule has 0 saturated heterocycles. The lowest BCUT2D eigenvalue weighted by molar-refractivity contribution is 0.577. The van der Waals surface area contributed by atoms with Crippen LogP contribution in [0.5, 0.6) is 0 Å². The van der Waals surface area contributed by atoms with Crippen molar-refractivity contribution in [3.8, 4) is 0 Å². The van der Waals surface area contributed by atoms with Gasteiger partial charge in [-0.15, -0.1) is 0 Å². The van der Waals surface area contributed by atoms with Crippen LogP contribution in [0, 0.1) is 18.6 Å². The lowest BCUT2D eigenvalue weighted by atomic mass is 10.1. The fourth-order valence-electron chi connectivity index (χ4n) is 1.95. The van der Waals surface area contributed by atoms with Crippen molar-refractivity contribution in [3.63, 3.8) is 0 Å². The van der Waals surface area contributed by atoms with E-state index in [9.17, 15) is 8.78 Å². The van der Waals surface area contributed by atoms with E-state index < -0.39 is 11.6 Å². The predicted octanol–water partition coefficient (Wildman–Crippen LogP) is 5.10. The van der Waals surface area contributed by atoms with Crippen molar-refractivity contribution in [1.29, 1.82) is 0 Å². The maximum Gasteiger partial charge on any atom is 0.128 e. The summed E-state index contributed by atoms with van der Waals surface area (Å²) in [5.74, 6) is -0.870. The number of hydrogen-bond donors (Lipinski definition) is 1. The van der Waals surface area contributed by atoms with Crippen molar-refractivity contribution >= 4 is 17.3 Å². The van der Waals surface area contributed by atoms with Crippen molar-refractivity contribution in [2.45, 2.75) is 19.9 Å². The molecule has 0 aliphatic heterocycles. The molecule has 1 nitrogen and oxygen atoms in total. The average molecular weight is 282 g/mol. The highest BCUT2D eigenvalue weighted by atomic mass is 35.5. The first-order valence-corrected chi connectivity index (χ1v) is 6.33. The third-order valence-corrected chi connectivity index (χ3v) is 3.22. The molecule has 0 saturated carbocycles. The number of benzene rings is 2. The van der Waals surface area contributed by atoms with Gasteiger partial charge in [0, 0.05) is 16.3 Å². The summed E-state index contributed by atoms with van der Waals surface area (Å²) in [6, 6.07) is 8.51. The van der Waals surface area contributed by atoms with Crippen LogP contribution in [-0.4, -0.2) is 0 Å². The van der Waals surface area contributed by atoms with Crippen LogP contribution in [0.2, 0.25) is 5.02 Å². The van der Waals surface area contributed by atoms with Gasteiger partial charge in [-0.2, -0.15) is 0 Å². The van der Waals surface area contributed by atoms with Gasteiger partial charge in [0.1, 0.15) is 11.6 Å². The molecule has 4 heteroatoms. The summed E-state index contributed by atoms with van der Waals surface area (Å²) >= 11 is 5.88. The second kappa shape index (κ2) is 5.57. The zero-order chi connectivity index (χ0) is 14.0. The van der Waals surface area contributed by atoms with Crippen LogP contribution < -0.4 is 5.32 Å². The number of aryl methyl sites for hydroxylation is 1. The number of anilines is 1. The van der Waals surface area contributed by atoms with Gasteiger partial charge in [-0.1, -0.05) is 11.6 Å². The maximum absolute atomic E-state index is 13.7. The Morgan fingerprint density at radius 3 is 2.53 bits per heavy atom. The topological polar surface area (TPSA) is 12.0 Å². The molecular formula is C15H14ClF2N. The van der Waals surface area contributed by atoms with E-state index >= 15 is 0 Å². The molecule has 0 spiro atoms. The molecule has 2 aromatic carbocycles. The van der Waals surface area contributed by atoms with Gasteiger partial charge in [-0.25, -0.2) is 8.78 Å². The van der Waals surface area contributed by atoms with Crippen molar-refractivity contribution in [2.24, 2.45) is 0 Å². The van der Waals surface area contributed by atoms with Crippen molar-refractivity contribution in [3.05, 3.63) is 64.2 Å². The fourth-order valence-corrected chi connectivity index (χ4v) is 2.17. The first-order valence-electron chi connectivity index (χ1n) is 5.95. The molecule has 0 heterocycles. The number of rotatable bonds is 3. The Balaban J connectivity index is 2.25. The molecule has 0 fully saturated rings. The molecule has 1 unspecified atom stereocenters. The standard InChI is InChI=1S/C15H14ClF2N/c1-9-7-11(16)3-6-15(9)19-10(2)13-8-12(17)4-5-14(13)18/h3-8,10,19H,1-2H3. The summed E-state index contributed by atoms with van der Waals surface area (Å²) in [5, 5.41) is 3.80. The normalized spacial score (nSPS) is 12.3. The zero-order valence-electron chi connectivity index (χ0n) is 10.7. The van der Waals surface area contributed by atoms with Crippen molar-refractivity contribution in [2.75, 3.05) is 5.32 Å². The highest BCUT2D eigenvalue weighted by Crippen LogP contribution is 2.26. The minimum absolute atomic E-state index is 0.300. The summed E-state index contributed by atoms with van der Waals surface area (Å²) in [4.78, 5) is 0. The lowest BCUT2D eigenvalue weighted by Gasteiger charge is -2.18. The van der Waals surface area contributed by atoms with Gasteiger partial charge < -0.3 is 5.32 Å². The monoisotopic (exact) mass is 281 g/mol. The molecule has 19 heavy (non-hydrogen) atoms. The summed E-state index contributed by atoms with van der Waals surface area (Å²) in [6.07, 6.45) is 0. The van der Waals surface area contributed by atoms with Crippen LogP contribution in [0.1, 0.15) is 24.1 Å². The van der Waals surface area contributed by atoms with Gasteiger partial charge in [0.15, 0.2) is 0 Å². The maximum atomic E-state index is 13.7. The molecule has 0 bridgehead atoms. The van der Waals surface area contributed by atoms with Gasteiger partial charge in [0.25, 0.3) is 0 Å². The molecule has 0 amide bonds. The van der Waals surface area contributed by atoms with E-state index in [1.807, 2.05) is 19.1 Å². The zero-order valence-corrected chi connectivity index (χ0v) is 11.4. The molecular weight excluding hydrogens is 268 g/mol. The number of nitrogens with one attached hydrogen (secondary N) is 1. The summed E-state index contributed by atoms with van der Waals surface area (Å²) in [6.45, 7) is 3.69. The average Bonchev–Trinajstić information content (AvgIpc) is 2.35.